The van der Waals surface area contributed by atoms with Crippen molar-refractivity contribution >= 4 is 5.96 Å². The lowest BCUT2D eigenvalue weighted by Gasteiger charge is -2.62. The van der Waals surface area contributed by atoms with Crippen LogP contribution in [0.3, 0.4) is 0 Å². The first-order valence-electron chi connectivity index (χ1n) is 8.27. The second-order valence-electron chi connectivity index (χ2n) is 7.42. The highest BCUT2D eigenvalue weighted by atomic mass is 15.4. The number of rotatable bonds is 3. The van der Waals surface area contributed by atoms with Crippen molar-refractivity contribution in [3.8, 4) is 5.82 Å². The van der Waals surface area contributed by atoms with E-state index in [9.17, 15) is 0 Å². The van der Waals surface area contributed by atoms with Crippen LogP contribution in [-0.4, -0.2) is 44.5 Å². The molecule has 1 N–H and O–H groups in total. The van der Waals surface area contributed by atoms with E-state index in [2.05, 4.69) is 58.9 Å². The molecule has 0 amide bonds. The van der Waals surface area contributed by atoms with Crippen molar-refractivity contribution in [2.24, 2.45) is 10.4 Å². The summed E-state index contributed by atoms with van der Waals surface area (Å²) in [7, 11) is 1.84. The summed E-state index contributed by atoms with van der Waals surface area (Å²) in [5.74, 6) is 1.81. The number of hydrogen-bond acceptors (Lipinski definition) is 3. The van der Waals surface area contributed by atoms with Gasteiger partial charge in [-0.25, -0.2) is 9.97 Å². The standard InChI is InChI=1S/C18H26N6/c1-17(2)12-24(18(17,3)4)16(19-5)22-11-14-6-7-15(21-10-14)23-9-8-20-13-23/h6-10,13H,11-12H2,1-5H3,(H,19,22). The van der Waals surface area contributed by atoms with Crippen LogP contribution in [0.15, 0.2) is 42.0 Å². The van der Waals surface area contributed by atoms with Crippen molar-refractivity contribution in [3.63, 3.8) is 0 Å². The van der Waals surface area contributed by atoms with E-state index in [4.69, 9.17) is 0 Å². The van der Waals surface area contributed by atoms with Gasteiger partial charge in [0.15, 0.2) is 5.96 Å². The Bertz CT molecular complexity index is 712. The van der Waals surface area contributed by atoms with Gasteiger partial charge in [-0.3, -0.25) is 9.56 Å². The highest BCUT2D eigenvalue weighted by Crippen LogP contribution is 2.46. The summed E-state index contributed by atoms with van der Waals surface area (Å²) in [6.07, 6.45) is 7.27. The lowest BCUT2D eigenvalue weighted by atomic mass is 9.65. The van der Waals surface area contributed by atoms with Crippen LogP contribution in [0.25, 0.3) is 5.82 Å². The van der Waals surface area contributed by atoms with E-state index in [0.717, 1.165) is 23.9 Å². The van der Waals surface area contributed by atoms with Crippen molar-refractivity contribution in [1.82, 2.24) is 24.8 Å². The van der Waals surface area contributed by atoms with Gasteiger partial charge in [0, 0.05) is 49.7 Å². The smallest absolute Gasteiger partial charge is 0.194 e. The number of aromatic nitrogens is 3. The maximum atomic E-state index is 4.49. The Labute approximate surface area is 143 Å². The minimum atomic E-state index is 0.0956. The van der Waals surface area contributed by atoms with Crippen LogP contribution >= 0.6 is 0 Å². The molecule has 2 aromatic rings. The van der Waals surface area contributed by atoms with Crippen LogP contribution < -0.4 is 5.32 Å². The summed E-state index contributed by atoms with van der Waals surface area (Å²) >= 11 is 0. The topological polar surface area (TPSA) is 58.3 Å². The normalized spacial score (nSPS) is 19.0. The number of likely N-dealkylation sites (tertiary alicyclic amines) is 1. The van der Waals surface area contributed by atoms with E-state index in [0.29, 0.717) is 12.0 Å². The molecule has 24 heavy (non-hydrogen) atoms. The molecule has 1 saturated heterocycles. The third kappa shape index (κ3) is 2.77. The van der Waals surface area contributed by atoms with Gasteiger partial charge < -0.3 is 10.2 Å². The van der Waals surface area contributed by atoms with E-state index in [1.807, 2.05) is 30.1 Å². The first-order chi connectivity index (χ1) is 11.3. The average molecular weight is 326 g/mol. The SMILES string of the molecule is CN=C(NCc1ccc(-n2ccnc2)nc1)N1CC(C)(C)C1(C)C. The van der Waals surface area contributed by atoms with Gasteiger partial charge >= 0.3 is 0 Å². The summed E-state index contributed by atoms with van der Waals surface area (Å²) in [4.78, 5) is 15.3. The molecule has 0 radical (unpaired) electrons. The average Bonchev–Trinajstić information content (AvgIpc) is 3.09. The summed E-state index contributed by atoms with van der Waals surface area (Å²) in [5.41, 5.74) is 1.51. The Balaban J connectivity index is 1.63. The largest absolute Gasteiger partial charge is 0.352 e. The van der Waals surface area contributed by atoms with Crippen molar-refractivity contribution in [2.75, 3.05) is 13.6 Å². The van der Waals surface area contributed by atoms with Crippen molar-refractivity contribution in [3.05, 3.63) is 42.6 Å². The minimum absolute atomic E-state index is 0.0956. The number of pyridine rings is 1. The zero-order valence-electron chi connectivity index (χ0n) is 15.1. The molecule has 0 atom stereocenters. The Hall–Kier alpha value is -2.37. The molecule has 6 nitrogen and oxygen atoms in total. The van der Waals surface area contributed by atoms with E-state index in [-0.39, 0.29) is 5.54 Å². The molecule has 0 saturated carbocycles. The van der Waals surface area contributed by atoms with Crippen molar-refractivity contribution in [2.45, 2.75) is 39.8 Å². The van der Waals surface area contributed by atoms with Crippen molar-refractivity contribution in [1.29, 1.82) is 0 Å². The Morgan fingerprint density at radius 2 is 2.08 bits per heavy atom. The number of aliphatic imine (C=N–C) groups is 1. The predicted octanol–water partition coefficient (Wildman–Crippen LogP) is 2.46. The number of guanidine groups is 1. The Morgan fingerprint density at radius 1 is 1.29 bits per heavy atom. The molecule has 3 rings (SSSR count). The summed E-state index contributed by atoms with van der Waals surface area (Å²) in [6, 6.07) is 4.08. The monoisotopic (exact) mass is 326 g/mol. The number of nitrogens with one attached hydrogen (secondary N) is 1. The van der Waals surface area contributed by atoms with Crippen LogP contribution in [0.2, 0.25) is 0 Å². The quantitative estimate of drug-likeness (QED) is 0.695. The maximum Gasteiger partial charge on any atom is 0.194 e. The molecular weight excluding hydrogens is 300 g/mol. The highest BCUT2D eigenvalue weighted by Gasteiger charge is 2.53. The van der Waals surface area contributed by atoms with E-state index < -0.39 is 0 Å². The summed E-state index contributed by atoms with van der Waals surface area (Å²) in [6.45, 7) is 10.9. The van der Waals surface area contributed by atoms with E-state index in [1.165, 1.54) is 0 Å². The van der Waals surface area contributed by atoms with Crippen molar-refractivity contribution < 1.29 is 0 Å². The van der Waals surface area contributed by atoms with Gasteiger partial charge in [-0.2, -0.15) is 0 Å². The summed E-state index contributed by atoms with van der Waals surface area (Å²) in [5, 5.41) is 3.45. The zero-order chi connectivity index (χ0) is 17.4. The molecule has 1 fully saturated rings. The van der Waals surface area contributed by atoms with Gasteiger partial charge in [0.05, 0.1) is 0 Å². The van der Waals surface area contributed by atoms with Crippen LogP contribution in [0.5, 0.6) is 0 Å². The highest BCUT2D eigenvalue weighted by molar-refractivity contribution is 5.82. The Kier molecular flexibility index (Phi) is 4.07. The number of hydrogen-bond donors (Lipinski definition) is 1. The molecule has 1 aliphatic heterocycles. The Morgan fingerprint density at radius 3 is 2.58 bits per heavy atom. The lowest BCUT2D eigenvalue weighted by Crippen LogP contribution is -2.72. The maximum absolute atomic E-state index is 4.49. The fourth-order valence-electron chi connectivity index (χ4n) is 2.95. The third-order valence-electron chi connectivity index (χ3n) is 5.38. The molecular formula is C18H26N6. The fourth-order valence-corrected chi connectivity index (χ4v) is 2.95. The second-order valence-corrected chi connectivity index (χ2v) is 7.42. The van der Waals surface area contributed by atoms with Crippen LogP contribution in [0, 0.1) is 5.41 Å². The molecule has 2 aromatic heterocycles. The summed E-state index contributed by atoms with van der Waals surface area (Å²) < 4.78 is 1.89. The van der Waals surface area contributed by atoms with Gasteiger partial charge in [-0.1, -0.05) is 19.9 Å². The molecule has 6 heteroatoms. The van der Waals surface area contributed by atoms with Crippen LogP contribution in [0.4, 0.5) is 0 Å². The van der Waals surface area contributed by atoms with Gasteiger partial charge in [0.1, 0.15) is 12.1 Å². The molecule has 1 aliphatic rings. The number of imidazole rings is 1. The first kappa shape index (κ1) is 16.5. The van der Waals surface area contributed by atoms with E-state index in [1.54, 1.807) is 12.5 Å². The molecule has 0 aliphatic carbocycles. The van der Waals surface area contributed by atoms with Gasteiger partial charge in [0.25, 0.3) is 0 Å². The molecule has 0 aromatic carbocycles. The van der Waals surface area contributed by atoms with Gasteiger partial charge in [-0.05, 0) is 25.5 Å². The minimum Gasteiger partial charge on any atom is -0.352 e. The van der Waals surface area contributed by atoms with E-state index >= 15 is 0 Å². The fraction of sp³-hybridized carbons (Fsp3) is 0.500. The molecule has 0 bridgehead atoms. The van der Waals surface area contributed by atoms with Crippen LogP contribution in [-0.2, 0) is 6.54 Å². The molecule has 0 spiro atoms. The molecule has 3 heterocycles. The predicted molar refractivity (Wildman–Crippen MR) is 96.1 cm³/mol. The van der Waals surface area contributed by atoms with Crippen LogP contribution in [0.1, 0.15) is 33.3 Å². The zero-order valence-corrected chi connectivity index (χ0v) is 15.1. The second kappa shape index (κ2) is 5.92. The first-order valence-corrected chi connectivity index (χ1v) is 8.27. The number of nitrogens with zero attached hydrogens (tertiary/aromatic N) is 5. The molecule has 128 valence electrons. The van der Waals surface area contributed by atoms with Gasteiger partial charge in [-0.15, -0.1) is 0 Å². The molecule has 0 unspecified atom stereocenters. The third-order valence-corrected chi connectivity index (χ3v) is 5.38. The van der Waals surface area contributed by atoms with Gasteiger partial charge in [0.2, 0.25) is 0 Å². The lowest BCUT2D eigenvalue weighted by molar-refractivity contribution is -0.0667.